The minimum atomic E-state index is -0.661. The molecule has 0 radical (unpaired) electrons. The number of aliphatic hydroxyl groups is 3. The molecule has 24 atom stereocenters. The number of esters is 1. The van der Waals surface area contributed by atoms with Crippen LogP contribution >= 0.6 is 36.5 Å². The van der Waals surface area contributed by atoms with Gasteiger partial charge in [0.2, 0.25) is 0 Å². The normalized spacial score (nSPS) is 33.8. The van der Waals surface area contributed by atoms with Gasteiger partial charge in [-0.05, 0) is 188 Å². The van der Waals surface area contributed by atoms with E-state index >= 15 is 0 Å². The second-order valence-electron chi connectivity index (χ2n) is 27.0. The number of aliphatic hydroxyl groups excluding tert-OH is 3. The van der Waals surface area contributed by atoms with Gasteiger partial charge in [-0.3, -0.25) is 4.79 Å². The Bertz CT molecular complexity index is 2490. The third kappa shape index (κ3) is 22.3. The molecule has 9 aliphatic rings. The lowest BCUT2D eigenvalue weighted by molar-refractivity contribution is -0.191. The van der Waals surface area contributed by atoms with Crippen molar-refractivity contribution < 1.29 is 72.1 Å². The summed E-state index contributed by atoms with van der Waals surface area (Å²) >= 11 is 0. The van der Waals surface area contributed by atoms with Gasteiger partial charge in [-0.25, -0.2) is 0 Å². The summed E-state index contributed by atoms with van der Waals surface area (Å²) < 4.78 is 66.1. The largest absolute Gasteiger partial charge is 0.462 e. The van der Waals surface area contributed by atoms with Gasteiger partial charge in [0.1, 0.15) is 6.10 Å². The minimum absolute atomic E-state index is 0.0142. The number of benzene rings is 3. The molecule has 9 fully saturated rings. The zero-order chi connectivity index (χ0) is 62.6. The molecule has 498 valence electrons. The Kier molecular flexibility index (Phi) is 29.5. The lowest BCUT2D eigenvalue weighted by Crippen LogP contribution is -2.31. The van der Waals surface area contributed by atoms with E-state index in [9.17, 15) is 20.1 Å². The van der Waals surface area contributed by atoms with Crippen LogP contribution in [0.15, 0.2) is 91.0 Å². The van der Waals surface area contributed by atoms with Crippen LogP contribution in [0.2, 0.25) is 0 Å². The van der Waals surface area contributed by atoms with Crippen molar-refractivity contribution in [2.45, 2.75) is 260 Å². The third-order valence-corrected chi connectivity index (χ3v) is 21.2. The van der Waals surface area contributed by atoms with Crippen LogP contribution in [0.25, 0.3) is 0 Å². The fourth-order valence-electron chi connectivity index (χ4n) is 16.1. The lowest BCUT2D eigenvalue weighted by Gasteiger charge is -2.30. The molecule has 21 heteroatoms. The van der Waals surface area contributed by atoms with Gasteiger partial charge in [0.05, 0.1) is 43.0 Å². The second kappa shape index (κ2) is 37.3. The Morgan fingerprint density at radius 2 is 0.833 bits per heavy atom. The molecule has 0 bridgehead atoms. The van der Waals surface area contributed by atoms with Crippen LogP contribution in [0.4, 0.5) is 0 Å². The quantitative estimate of drug-likeness (QED) is 0.0355. The Labute approximate surface area is 547 Å². The highest BCUT2D eigenvalue weighted by atomic mass is 31.1. The van der Waals surface area contributed by atoms with Gasteiger partial charge in [0, 0.05) is 63.6 Å². The Hall–Kier alpha value is -1.54. The van der Waals surface area contributed by atoms with Crippen LogP contribution < -0.4 is 0 Å². The minimum Gasteiger partial charge on any atom is -0.462 e. The summed E-state index contributed by atoms with van der Waals surface area (Å²) in [5, 5.41) is 30.3. The number of hydrogen-bond acceptors (Lipinski definition) is 15. The first-order valence-electron chi connectivity index (χ1n) is 34.7. The number of fused-ring (bicyclic) bond motifs is 3. The number of hydrogen-bond donors (Lipinski definition) is 3. The molecule has 0 spiro atoms. The average molecular weight is 1320 g/mol. The first kappa shape index (κ1) is 71.2. The first-order chi connectivity index (χ1) is 43.8. The molecule has 6 heterocycles. The van der Waals surface area contributed by atoms with Gasteiger partial charge < -0.3 is 67.3 Å². The van der Waals surface area contributed by atoms with Crippen molar-refractivity contribution in [3.63, 3.8) is 0 Å². The van der Waals surface area contributed by atoms with Crippen molar-refractivity contribution >= 4 is 55.2 Å². The van der Waals surface area contributed by atoms with Gasteiger partial charge in [0.15, 0.2) is 31.5 Å². The summed E-state index contributed by atoms with van der Waals surface area (Å²) in [5.74, 6) is 1.76. The van der Waals surface area contributed by atoms with E-state index in [-0.39, 0.29) is 110 Å². The summed E-state index contributed by atoms with van der Waals surface area (Å²) in [6, 6.07) is 31.8. The fraction of sp³-hybridized carbons (Fsp3) is 0.725. The lowest BCUT2D eigenvalue weighted by atomic mass is 9.86. The van der Waals surface area contributed by atoms with E-state index in [1.807, 2.05) is 6.07 Å². The monoisotopic (exact) mass is 1320 g/mol. The Morgan fingerprint density at radius 3 is 1.23 bits per heavy atom. The molecular formula is C69H106B2O15P4. The third-order valence-electron chi connectivity index (χ3n) is 20.6. The van der Waals surface area contributed by atoms with Gasteiger partial charge >= 0.3 is 18.7 Å². The van der Waals surface area contributed by atoms with E-state index in [0.717, 1.165) is 161 Å². The van der Waals surface area contributed by atoms with E-state index in [2.05, 4.69) is 121 Å². The molecule has 0 aromatic heterocycles. The molecule has 3 aromatic carbocycles. The van der Waals surface area contributed by atoms with E-state index in [0.29, 0.717) is 37.0 Å². The van der Waals surface area contributed by atoms with Crippen LogP contribution in [0.1, 0.15) is 171 Å². The molecule has 3 aliphatic carbocycles. The van der Waals surface area contributed by atoms with E-state index < -0.39 is 12.6 Å². The Balaban J connectivity index is 0.000000149. The number of rotatable bonds is 28. The highest BCUT2D eigenvalue weighted by Crippen LogP contribution is 2.49. The standard InChI is InChI=1S/C23H37BO5P2.C23H35BO5P2.C23H34O5/c2*25-22-14-19-18(21(29-24(30)31)15-20(19)28-22)12-11-17(27-23-8-4-5-13-26-23)10-9-16-6-2-1-3-7-16;24-20-15-21-19(14-22(25)28-21)18(20)12-11-17(27-23-8-4-5-13-26-23)10-9-16-6-2-1-3-7-16/h1-3,6-7,17-23,25H,4-5,8-15,30-31H2;1-3,6-7,17-21,23H,4-5,8-15,30-31H2;1-3,6-7,17-25H,4-5,8-15H2/t17-,18+,19+,20-,21+,22?,23?;17-,18+,19+,20-,21+,23?;17-,18+,19+,20+,21-,22?,23?/m000/s1. The van der Waals surface area contributed by atoms with Crippen molar-refractivity contribution in [2.75, 3.05) is 19.8 Å². The highest BCUT2D eigenvalue weighted by Gasteiger charge is 2.52. The molecular weight excluding hydrogens is 1210 g/mol. The molecule has 0 amide bonds. The predicted molar refractivity (Wildman–Crippen MR) is 364 cm³/mol. The van der Waals surface area contributed by atoms with Crippen molar-refractivity contribution in [3.8, 4) is 0 Å². The Morgan fingerprint density at radius 1 is 0.456 bits per heavy atom. The number of carbonyl (C=O) groups is 1. The van der Waals surface area contributed by atoms with Crippen molar-refractivity contribution in [1.82, 2.24) is 0 Å². The molecule has 15 nitrogen and oxygen atoms in total. The topological polar surface area (TPSA) is 179 Å². The second-order valence-corrected chi connectivity index (χ2v) is 31.1. The molecule has 6 aliphatic heterocycles. The molecule has 3 saturated carbocycles. The zero-order valence-corrected chi connectivity index (χ0v) is 57.7. The van der Waals surface area contributed by atoms with Crippen LogP contribution in [0.3, 0.4) is 0 Å². The van der Waals surface area contributed by atoms with Crippen LogP contribution in [-0.4, -0.2) is 140 Å². The molecule has 9 unspecified atom stereocenters. The van der Waals surface area contributed by atoms with Crippen LogP contribution in [0, 0.1) is 35.5 Å². The summed E-state index contributed by atoms with van der Waals surface area (Å²) in [6.45, 7) is 2.38. The number of aryl methyl sites for hydroxylation is 3. The number of carbonyl (C=O) groups excluding carboxylic acids is 1. The van der Waals surface area contributed by atoms with E-state index in [1.165, 1.54) is 29.5 Å². The van der Waals surface area contributed by atoms with Gasteiger partial charge in [0.25, 0.3) is 0 Å². The number of ether oxygens (including phenoxy) is 9. The van der Waals surface area contributed by atoms with Crippen LogP contribution in [-0.2, 0) is 76.0 Å². The predicted octanol–water partition coefficient (Wildman–Crippen LogP) is 12.0. The molecule has 90 heavy (non-hydrogen) atoms. The van der Waals surface area contributed by atoms with Gasteiger partial charge in [-0.1, -0.05) is 91.0 Å². The van der Waals surface area contributed by atoms with Gasteiger partial charge in [-0.2, -0.15) is 0 Å². The summed E-state index contributed by atoms with van der Waals surface area (Å²) in [6.07, 6.45) is 24.8. The summed E-state index contributed by atoms with van der Waals surface area (Å²) in [5.41, 5.74) is 4.02. The molecule has 6 saturated heterocycles. The highest BCUT2D eigenvalue weighted by molar-refractivity contribution is 7.92. The maximum absolute atomic E-state index is 11.9. The maximum atomic E-state index is 11.9. The molecule has 3 aromatic rings. The smallest absolute Gasteiger partial charge is 0.336 e. The first-order valence-corrected chi connectivity index (χ1v) is 37.3. The fourth-order valence-corrected chi connectivity index (χ4v) is 16.9. The van der Waals surface area contributed by atoms with Crippen molar-refractivity contribution in [2.24, 2.45) is 35.5 Å². The summed E-state index contributed by atoms with van der Waals surface area (Å²) in [4.78, 5) is 11.9. The van der Waals surface area contributed by atoms with Crippen LogP contribution in [0.5, 0.6) is 0 Å². The average Bonchev–Trinajstić information content (AvgIpc) is 2.05. The molecule has 12 rings (SSSR count). The van der Waals surface area contributed by atoms with E-state index in [4.69, 9.17) is 51.9 Å². The van der Waals surface area contributed by atoms with E-state index in [1.54, 1.807) is 0 Å². The van der Waals surface area contributed by atoms with Gasteiger partial charge in [-0.15, -0.1) is 36.5 Å². The SMILES string of the molecule is O=C1C[C@@H]2[C@@H](CC[C@H](CCc3ccccc3)OC3CCCCO3)[C@H](OB(P)P)C[C@@H]2O1.OC1C[C@@H]2[C@@H](CC[C@H](CCc3ccccc3)OC3CCCCO3)[C@H](O)C[C@@H]2O1.OC1C[C@@H]2[C@@H](CC[C@H](CCc3ccccc3)OC3CCCCO3)[C@H](OB(P)P)C[C@@H]2O1. The zero-order valence-electron chi connectivity index (χ0n) is 53.1. The van der Waals surface area contributed by atoms with Crippen molar-refractivity contribution in [3.05, 3.63) is 108 Å². The summed E-state index contributed by atoms with van der Waals surface area (Å²) in [7, 11) is 10.8. The van der Waals surface area contributed by atoms with Crippen molar-refractivity contribution in [1.29, 1.82) is 0 Å². The maximum Gasteiger partial charge on any atom is 0.336 e. The molecule has 3 N–H and O–H groups in total.